The van der Waals surface area contributed by atoms with E-state index in [1.165, 1.54) is 0 Å². The molecule has 1 heterocycles. The van der Waals surface area contributed by atoms with Crippen LogP contribution < -0.4 is 0 Å². The highest BCUT2D eigenvalue weighted by Crippen LogP contribution is 2.22. The van der Waals surface area contributed by atoms with E-state index in [-0.39, 0.29) is 31.3 Å². The van der Waals surface area contributed by atoms with Crippen molar-refractivity contribution in [2.24, 2.45) is 0 Å². The summed E-state index contributed by atoms with van der Waals surface area (Å²) in [5.41, 5.74) is 1.67. The fraction of sp³-hybridized carbons (Fsp3) is 0.250. The third-order valence-electron chi connectivity index (χ3n) is 4.17. The van der Waals surface area contributed by atoms with Crippen molar-refractivity contribution >= 4 is 17.8 Å². The molecule has 5 nitrogen and oxygen atoms in total. The van der Waals surface area contributed by atoms with Crippen LogP contribution in [0.4, 0.5) is 0 Å². The number of carbonyl (C=O) groups is 3. The number of benzene rings is 2. The Bertz CT molecular complexity index is 758. The van der Waals surface area contributed by atoms with Gasteiger partial charge in [-0.25, -0.2) is 4.79 Å². The van der Waals surface area contributed by atoms with Crippen LogP contribution in [0.15, 0.2) is 60.7 Å². The minimum Gasteiger partial charge on any atom is -0.459 e. The first-order valence-corrected chi connectivity index (χ1v) is 8.24. The molecule has 2 aromatic carbocycles. The quantitative estimate of drug-likeness (QED) is 0.787. The highest BCUT2D eigenvalue weighted by molar-refractivity contribution is 6.02. The predicted octanol–water partition coefficient (Wildman–Crippen LogP) is 2.49. The van der Waals surface area contributed by atoms with Crippen LogP contribution in [0.2, 0.25) is 0 Å². The maximum Gasteiger partial charge on any atom is 0.329 e. The highest BCUT2D eigenvalue weighted by atomic mass is 16.5. The van der Waals surface area contributed by atoms with E-state index >= 15 is 0 Å². The molecule has 0 aliphatic carbocycles. The third-order valence-corrected chi connectivity index (χ3v) is 4.17. The highest BCUT2D eigenvalue weighted by Gasteiger charge is 2.40. The topological polar surface area (TPSA) is 63.7 Å². The molecule has 1 saturated heterocycles. The molecule has 128 valence electrons. The second-order valence-corrected chi connectivity index (χ2v) is 5.97. The summed E-state index contributed by atoms with van der Waals surface area (Å²) in [6.07, 6.45) is 0.591. The van der Waals surface area contributed by atoms with Crippen molar-refractivity contribution in [2.75, 3.05) is 0 Å². The lowest BCUT2D eigenvalue weighted by Crippen LogP contribution is -2.44. The largest absolute Gasteiger partial charge is 0.459 e. The molecule has 0 saturated carbocycles. The number of imide groups is 1. The molecule has 0 unspecified atom stereocenters. The lowest BCUT2D eigenvalue weighted by atomic mass is 10.1. The summed E-state index contributed by atoms with van der Waals surface area (Å²) in [5, 5.41) is 0. The van der Waals surface area contributed by atoms with Crippen LogP contribution in [0.3, 0.4) is 0 Å². The van der Waals surface area contributed by atoms with Gasteiger partial charge < -0.3 is 4.74 Å². The Kier molecular flexibility index (Phi) is 5.23. The molecule has 0 N–H and O–H groups in total. The van der Waals surface area contributed by atoms with Gasteiger partial charge >= 0.3 is 5.97 Å². The number of ether oxygens (including phenoxy) is 1. The number of carbonyl (C=O) groups excluding carboxylic acids is 3. The van der Waals surface area contributed by atoms with Crippen LogP contribution in [0.1, 0.15) is 24.0 Å². The van der Waals surface area contributed by atoms with Gasteiger partial charge in [0.05, 0.1) is 6.42 Å². The second kappa shape index (κ2) is 7.75. The van der Waals surface area contributed by atoms with E-state index < -0.39 is 12.0 Å². The summed E-state index contributed by atoms with van der Waals surface area (Å²) in [7, 11) is 0. The van der Waals surface area contributed by atoms with Crippen molar-refractivity contribution < 1.29 is 19.1 Å². The van der Waals surface area contributed by atoms with Crippen molar-refractivity contribution in [3.05, 3.63) is 71.8 Å². The average molecular weight is 337 g/mol. The number of hydrogen-bond acceptors (Lipinski definition) is 4. The zero-order valence-electron chi connectivity index (χ0n) is 13.8. The molecule has 2 aromatic rings. The fourth-order valence-corrected chi connectivity index (χ4v) is 2.90. The molecule has 0 bridgehead atoms. The van der Waals surface area contributed by atoms with Gasteiger partial charge in [-0.1, -0.05) is 60.7 Å². The van der Waals surface area contributed by atoms with Gasteiger partial charge in [0.25, 0.3) is 0 Å². The first kappa shape index (κ1) is 16.9. The van der Waals surface area contributed by atoms with Gasteiger partial charge in [0, 0.05) is 6.42 Å². The Morgan fingerprint density at radius 1 is 0.960 bits per heavy atom. The summed E-state index contributed by atoms with van der Waals surface area (Å²) >= 11 is 0. The van der Waals surface area contributed by atoms with Crippen LogP contribution in [0.25, 0.3) is 0 Å². The molecule has 1 aliphatic heterocycles. The monoisotopic (exact) mass is 337 g/mol. The SMILES string of the molecule is O=C(OCc1ccccc1)[C@@H]1CCC(=O)N1C(=O)Cc1ccccc1. The van der Waals surface area contributed by atoms with Crippen molar-refractivity contribution in [1.29, 1.82) is 0 Å². The molecular weight excluding hydrogens is 318 g/mol. The molecule has 2 amide bonds. The fourth-order valence-electron chi connectivity index (χ4n) is 2.90. The summed E-state index contributed by atoms with van der Waals surface area (Å²) in [4.78, 5) is 38.0. The smallest absolute Gasteiger partial charge is 0.329 e. The van der Waals surface area contributed by atoms with E-state index in [4.69, 9.17) is 4.74 Å². The summed E-state index contributed by atoms with van der Waals surface area (Å²) in [6.45, 7) is 0.130. The van der Waals surface area contributed by atoms with Gasteiger partial charge in [0.15, 0.2) is 0 Å². The Hall–Kier alpha value is -2.95. The molecule has 1 fully saturated rings. The molecule has 1 atom stereocenters. The maximum absolute atomic E-state index is 12.5. The van der Waals surface area contributed by atoms with Crippen LogP contribution in [0.5, 0.6) is 0 Å². The van der Waals surface area contributed by atoms with Gasteiger partial charge in [-0.15, -0.1) is 0 Å². The van der Waals surface area contributed by atoms with E-state index in [1.54, 1.807) is 0 Å². The zero-order chi connectivity index (χ0) is 17.6. The summed E-state index contributed by atoms with van der Waals surface area (Å²) < 4.78 is 5.31. The first-order valence-electron chi connectivity index (χ1n) is 8.24. The lowest BCUT2D eigenvalue weighted by molar-refractivity contribution is -0.158. The Labute approximate surface area is 146 Å². The van der Waals surface area contributed by atoms with Crippen LogP contribution in [-0.4, -0.2) is 28.7 Å². The van der Waals surface area contributed by atoms with Crippen LogP contribution >= 0.6 is 0 Å². The number of amides is 2. The predicted molar refractivity (Wildman–Crippen MR) is 91.3 cm³/mol. The third kappa shape index (κ3) is 4.12. The first-order chi connectivity index (χ1) is 12.1. The minimum atomic E-state index is -0.826. The van der Waals surface area contributed by atoms with E-state index in [0.717, 1.165) is 16.0 Å². The maximum atomic E-state index is 12.5. The Morgan fingerprint density at radius 3 is 2.20 bits per heavy atom. The Balaban J connectivity index is 1.64. The molecule has 25 heavy (non-hydrogen) atoms. The molecular formula is C20H19NO4. The second-order valence-electron chi connectivity index (χ2n) is 5.97. The Morgan fingerprint density at radius 2 is 1.56 bits per heavy atom. The van der Waals surface area contributed by atoms with Gasteiger partial charge in [-0.05, 0) is 17.5 Å². The van der Waals surface area contributed by atoms with Gasteiger partial charge in [0.2, 0.25) is 11.8 Å². The number of esters is 1. The molecule has 0 radical (unpaired) electrons. The molecule has 1 aliphatic rings. The van der Waals surface area contributed by atoms with Crippen molar-refractivity contribution in [3.63, 3.8) is 0 Å². The van der Waals surface area contributed by atoms with Crippen molar-refractivity contribution in [3.8, 4) is 0 Å². The van der Waals surface area contributed by atoms with E-state index in [1.807, 2.05) is 60.7 Å². The van der Waals surface area contributed by atoms with E-state index in [9.17, 15) is 14.4 Å². The number of rotatable bonds is 5. The van der Waals surface area contributed by atoms with Crippen LogP contribution in [-0.2, 0) is 32.1 Å². The van der Waals surface area contributed by atoms with Gasteiger partial charge in [-0.3, -0.25) is 14.5 Å². The number of likely N-dealkylation sites (tertiary alicyclic amines) is 1. The summed E-state index contributed by atoms with van der Waals surface area (Å²) in [5.74, 6) is -1.21. The molecule has 0 spiro atoms. The van der Waals surface area contributed by atoms with Gasteiger partial charge in [0.1, 0.15) is 12.6 Å². The van der Waals surface area contributed by atoms with Crippen LogP contribution in [0, 0.1) is 0 Å². The minimum absolute atomic E-state index is 0.0923. The number of hydrogen-bond donors (Lipinski definition) is 0. The normalized spacial score (nSPS) is 16.7. The van der Waals surface area contributed by atoms with E-state index in [2.05, 4.69) is 0 Å². The summed E-state index contributed by atoms with van der Waals surface area (Å²) in [6, 6.07) is 17.6. The molecule has 0 aromatic heterocycles. The molecule has 3 rings (SSSR count). The standard InChI is InChI=1S/C20H19NO4/c22-18-12-11-17(20(24)25-14-16-9-5-2-6-10-16)21(18)19(23)13-15-7-3-1-4-8-15/h1-10,17H,11-14H2/t17-/m0/s1. The lowest BCUT2D eigenvalue weighted by Gasteiger charge is -2.21. The van der Waals surface area contributed by atoms with E-state index in [0.29, 0.717) is 6.42 Å². The molecule has 5 heteroatoms. The number of nitrogens with zero attached hydrogens (tertiary/aromatic N) is 1. The van der Waals surface area contributed by atoms with Crippen molar-refractivity contribution in [1.82, 2.24) is 4.90 Å². The van der Waals surface area contributed by atoms with Gasteiger partial charge in [-0.2, -0.15) is 0 Å². The zero-order valence-corrected chi connectivity index (χ0v) is 13.8. The average Bonchev–Trinajstić information content (AvgIpc) is 3.03. The van der Waals surface area contributed by atoms with Crippen molar-refractivity contribution in [2.45, 2.75) is 31.9 Å².